The van der Waals surface area contributed by atoms with Gasteiger partial charge in [0.15, 0.2) is 0 Å². The minimum Gasteiger partial charge on any atom is -0.306 e. The zero-order valence-corrected chi connectivity index (χ0v) is 8.29. The van der Waals surface area contributed by atoms with Crippen molar-refractivity contribution in [3.05, 3.63) is 33.7 Å². The molecule has 13 heavy (non-hydrogen) atoms. The number of aryl methyl sites for hydroxylation is 2. The van der Waals surface area contributed by atoms with Gasteiger partial charge >= 0.3 is 5.69 Å². The van der Waals surface area contributed by atoms with Crippen LogP contribution in [-0.4, -0.2) is 9.97 Å². The van der Waals surface area contributed by atoms with Gasteiger partial charge in [-0.15, -0.1) is 12.4 Å². The Kier molecular flexibility index (Phi) is 2.48. The second-order valence-electron chi connectivity index (χ2n) is 3.01. The Hall–Kier alpha value is -1.22. The van der Waals surface area contributed by atoms with Crippen LogP contribution in [-0.2, 0) is 0 Å². The molecule has 1 aromatic carbocycles. The van der Waals surface area contributed by atoms with Crippen LogP contribution in [0.15, 0.2) is 16.9 Å². The molecule has 3 nitrogen and oxygen atoms in total. The van der Waals surface area contributed by atoms with Gasteiger partial charge in [0.1, 0.15) is 0 Å². The fourth-order valence-electron chi connectivity index (χ4n) is 1.35. The molecule has 0 aliphatic carbocycles. The highest BCUT2D eigenvalue weighted by Crippen LogP contribution is 2.15. The van der Waals surface area contributed by atoms with E-state index in [1.807, 2.05) is 26.0 Å². The summed E-state index contributed by atoms with van der Waals surface area (Å²) in [6, 6.07) is 3.91. The van der Waals surface area contributed by atoms with E-state index in [2.05, 4.69) is 9.97 Å². The molecule has 0 spiro atoms. The Morgan fingerprint density at radius 3 is 2.54 bits per heavy atom. The zero-order valence-electron chi connectivity index (χ0n) is 7.47. The van der Waals surface area contributed by atoms with Crippen molar-refractivity contribution < 1.29 is 0 Å². The standard InChI is InChI=1S/C9H10N2O.ClH/c1-5-3-4-7-8(6(5)2)11-9(12)10-7;/h3-4H,1-2H3,(H2,10,11,12);1H. The maximum atomic E-state index is 10.9. The first-order chi connectivity index (χ1) is 5.68. The van der Waals surface area contributed by atoms with Crippen LogP contribution in [0.5, 0.6) is 0 Å². The van der Waals surface area contributed by atoms with Gasteiger partial charge in [0.05, 0.1) is 11.0 Å². The Bertz CT molecular complexity index is 484. The summed E-state index contributed by atoms with van der Waals surface area (Å²) in [5.74, 6) is 0. The molecule has 70 valence electrons. The predicted molar refractivity (Wildman–Crippen MR) is 55.6 cm³/mol. The van der Waals surface area contributed by atoms with Gasteiger partial charge in [-0.1, -0.05) is 6.07 Å². The van der Waals surface area contributed by atoms with E-state index in [1.54, 1.807) is 0 Å². The summed E-state index contributed by atoms with van der Waals surface area (Å²) in [4.78, 5) is 16.4. The molecule has 0 radical (unpaired) electrons. The molecule has 2 N–H and O–H groups in total. The van der Waals surface area contributed by atoms with Crippen molar-refractivity contribution in [1.29, 1.82) is 0 Å². The van der Waals surface area contributed by atoms with Gasteiger partial charge in [0.2, 0.25) is 0 Å². The highest BCUT2D eigenvalue weighted by Gasteiger charge is 2.01. The molecule has 2 aromatic rings. The number of halogens is 1. The predicted octanol–water partition coefficient (Wildman–Crippen LogP) is 1.89. The third-order valence-electron chi connectivity index (χ3n) is 2.22. The van der Waals surface area contributed by atoms with Crippen LogP contribution in [0.1, 0.15) is 11.1 Å². The first-order valence-electron chi connectivity index (χ1n) is 3.86. The third-order valence-corrected chi connectivity index (χ3v) is 2.22. The van der Waals surface area contributed by atoms with Crippen molar-refractivity contribution in [2.45, 2.75) is 13.8 Å². The number of rotatable bonds is 0. The Balaban J connectivity index is 0.000000845. The lowest BCUT2D eigenvalue weighted by Crippen LogP contribution is -1.99. The lowest BCUT2D eigenvalue weighted by Gasteiger charge is -1.98. The molecule has 0 saturated heterocycles. The average molecular weight is 199 g/mol. The van der Waals surface area contributed by atoms with E-state index in [9.17, 15) is 4.79 Å². The number of H-pyrrole nitrogens is 2. The maximum absolute atomic E-state index is 10.9. The number of hydrogen-bond donors (Lipinski definition) is 2. The van der Waals surface area contributed by atoms with Gasteiger partial charge in [0, 0.05) is 0 Å². The van der Waals surface area contributed by atoms with Crippen molar-refractivity contribution in [2.75, 3.05) is 0 Å². The van der Waals surface area contributed by atoms with Crippen LogP contribution in [0.25, 0.3) is 11.0 Å². The number of fused-ring (bicyclic) bond motifs is 1. The fraction of sp³-hybridized carbons (Fsp3) is 0.222. The smallest absolute Gasteiger partial charge is 0.306 e. The molecule has 1 aromatic heterocycles. The van der Waals surface area contributed by atoms with Gasteiger partial charge in [-0.2, -0.15) is 0 Å². The van der Waals surface area contributed by atoms with Gasteiger partial charge in [-0.25, -0.2) is 4.79 Å². The molecule has 0 saturated carbocycles. The SMILES string of the molecule is Cc1ccc2[nH]c(=O)[nH]c2c1C.Cl. The molecule has 2 rings (SSSR count). The molecular formula is C9H11ClN2O. The summed E-state index contributed by atoms with van der Waals surface area (Å²) in [7, 11) is 0. The molecule has 0 unspecified atom stereocenters. The van der Waals surface area contributed by atoms with Crippen molar-refractivity contribution in [1.82, 2.24) is 9.97 Å². The van der Waals surface area contributed by atoms with E-state index in [4.69, 9.17) is 0 Å². The van der Waals surface area contributed by atoms with Crippen LogP contribution in [0.3, 0.4) is 0 Å². The fourth-order valence-corrected chi connectivity index (χ4v) is 1.35. The van der Waals surface area contributed by atoms with Gasteiger partial charge in [0.25, 0.3) is 0 Å². The molecule has 0 bridgehead atoms. The van der Waals surface area contributed by atoms with Crippen LogP contribution in [0.2, 0.25) is 0 Å². The number of aromatic nitrogens is 2. The van der Waals surface area contributed by atoms with Crippen LogP contribution >= 0.6 is 12.4 Å². The monoisotopic (exact) mass is 198 g/mol. The second kappa shape index (κ2) is 3.26. The third kappa shape index (κ3) is 1.47. The van der Waals surface area contributed by atoms with Gasteiger partial charge in [-0.05, 0) is 31.0 Å². The van der Waals surface area contributed by atoms with E-state index in [-0.39, 0.29) is 18.1 Å². The Morgan fingerprint density at radius 2 is 1.85 bits per heavy atom. The lowest BCUT2D eigenvalue weighted by molar-refractivity contribution is 1.21. The summed E-state index contributed by atoms with van der Waals surface area (Å²) >= 11 is 0. The zero-order chi connectivity index (χ0) is 8.72. The first-order valence-corrected chi connectivity index (χ1v) is 3.86. The summed E-state index contributed by atoms with van der Waals surface area (Å²) in [5, 5.41) is 0. The van der Waals surface area contributed by atoms with Crippen LogP contribution < -0.4 is 5.69 Å². The molecular weight excluding hydrogens is 188 g/mol. The number of benzene rings is 1. The largest absolute Gasteiger partial charge is 0.323 e. The van der Waals surface area contributed by atoms with Crippen molar-refractivity contribution >= 4 is 23.4 Å². The van der Waals surface area contributed by atoms with Crippen molar-refractivity contribution in [2.24, 2.45) is 0 Å². The summed E-state index contributed by atoms with van der Waals surface area (Å²) in [5.41, 5.74) is 3.98. The summed E-state index contributed by atoms with van der Waals surface area (Å²) in [6.45, 7) is 4.03. The van der Waals surface area contributed by atoms with Gasteiger partial charge < -0.3 is 9.97 Å². The molecule has 1 heterocycles. The van der Waals surface area contributed by atoms with E-state index >= 15 is 0 Å². The minimum atomic E-state index is -0.140. The topological polar surface area (TPSA) is 48.6 Å². The van der Waals surface area contributed by atoms with Crippen molar-refractivity contribution in [3.8, 4) is 0 Å². The number of nitrogens with one attached hydrogen (secondary N) is 2. The number of imidazole rings is 1. The molecule has 0 fully saturated rings. The minimum absolute atomic E-state index is 0. The van der Waals surface area contributed by atoms with Gasteiger partial charge in [-0.3, -0.25) is 0 Å². The normalized spacial score (nSPS) is 10.0. The molecule has 0 atom stereocenters. The van der Waals surface area contributed by atoms with E-state index in [1.165, 1.54) is 5.56 Å². The molecule has 0 aliphatic rings. The lowest BCUT2D eigenvalue weighted by atomic mass is 10.1. The van der Waals surface area contributed by atoms with Crippen LogP contribution in [0.4, 0.5) is 0 Å². The van der Waals surface area contributed by atoms with Crippen LogP contribution in [0, 0.1) is 13.8 Å². The average Bonchev–Trinajstić information content (AvgIpc) is 2.39. The number of aromatic amines is 2. The molecule has 0 aliphatic heterocycles. The maximum Gasteiger partial charge on any atom is 0.323 e. The molecule has 4 heteroatoms. The van der Waals surface area contributed by atoms with E-state index < -0.39 is 0 Å². The highest BCUT2D eigenvalue weighted by atomic mass is 35.5. The quantitative estimate of drug-likeness (QED) is 0.668. The Morgan fingerprint density at radius 1 is 1.15 bits per heavy atom. The van der Waals surface area contributed by atoms with E-state index in [0.717, 1.165) is 16.6 Å². The summed E-state index contributed by atoms with van der Waals surface area (Å²) < 4.78 is 0. The highest BCUT2D eigenvalue weighted by molar-refractivity contribution is 5.85. The first kappa shape index (κ1) is 9.86. The Labute approximate surface area is 81.6 Å². The number of hydrogen-bond acceptors (Lipinski definition) is 1. The van der Waals surface area contributed by atoms with Crippen molar-refractivity contribution in [3.63, 3.8) is 0 Å². The molecule has 0 amide bonds. The van der Waals surface area contributed by atoms with E-state index in [0.29, 0.717) is 0 Å². The summed E-state index contributed by atoms with van der Waals surface area (Å²) in [6.07, 6.45) is 0. The second-order valence-corrected chi connectivity index (χ2v) is 3.01.